The van der Waals surface area contributed by atoms with Gasteiger partial charge in [-0.1, -0.05) is 11.2 Å². The van der Waals surface area contributed by atoms with Crippen LogP contribution in [-0.4, -0.2) is 22.2 Å². The highest BCUT2D eigenvalue weighted by Gasteiger charge is 2.19. The molecule has 0 aliphatic rings. The second-order valence-corrected chi connectivity index (χ2v) is 6.12. The summed E-state index contributed by atoms with van der Waals surface area (Å²) in [5.41, 5.74) is 3.59. The van der Waals surface area contributed by atoms with Gasteiger partial charge in [-0.3, -0.25) is 0 Å². The zero-order valence-corrected chi connectivity index (χ0v) is 14.2. The molecule has 3 heterocycles. The van der Waals surface area contributed by atoms with Crippen molar-refractivity contribution in [1.82, 2.24) is 15.1 Å². The zero-order valence-electron chi connectivity index (χ0n) is 14.2. The third kappa shape index (κ3) is 2.19. The number of hydrogen-bond acceptors (Lipinski definition) is 5. The predicted octanol–water partition coefficient (Wildman–Crippen LogP) is 4.95. The molecule has 0 atom stereocenters. The molecule has 0 aliphatic carbocycles. The van der Waals surface area contributed by atoms with Gasteiger partial charge in [0.1, 0.15) is 11.3 Å². The van der Waals surface area contributed by atoms with Crippen molar-refractivity contribution in [2.75, 3.05) is 7.11 Å². The van der Waals surface area contributed by atoms with E-state index >= 15 is 0 Å². The van der Waals surface area contributed by atoms with Crippen molar-refractivity contribution in [3.63, 3.8) is 0 Å². The van der Waals surface area contributed by atoms with E-state index in [-0.39, 0.29) is 0 Å². The van der Waals surface area contributed by atoms with Crippen molar-refractivity contribution in [2.24, 2.45) is 0 Å². The van der Waals surface area contributed by atoms with Gasteiger partial charge in [0.15, 0.2) is 5.76 Å². The van der Waals surface area contributed by atoms with Gasteiger partial charge in [0, 0.05) is 28.2 Å². The van der Waals surface area contributed by atoms with E-state index in [1.807, 2.05) is 55.6 Å². The predicted molar refractivity (Wildman–Crippen MR) is 98.1 cm³/mol. The van der Waals surface area contributed by atoms with Crippen LogP contribution in [-0.2, 0) is 0 Å². The Hall–Kier alpha value is -3.54. The number of aryl methyl sites for hydroxylation is 1. The maximum Gasteiger partial charge on any atom is 0.258 e. The minimum Gasteiger partial charge on any atom is -0.497 e. The van der Waals surface area contributed by atoms with Gasteiger partial charge in [-0.2, -0.15) is 4.98 Å². The molecule has 0 unspecified atom stereocenters. The highest BCUT2D eigenvalue weighted by atomic mass is 16.5. The fourth-order valence-corrected chi connectivity index (χ4v) is 3.15. The number of nitrogens with one attached hydrogen (secondary N) is 1. The Balaban J connectivity index is 1.59. The molecule has 0 amide bonds. The topological polar surface area (TPSA) is 77.1 Å². The average molecular weight is 345 g/mol. The summed E-state index contributed by atoms with van der Waals surface area (Å²) in [5, 5.41) is 6.21. The van der Waals surface area contributed by atoms with Crippen molar-refractivity contribution >= 4 is 21.9 Å². The van der Waals surface area contributed by atoms with Gasteiger partial charge in [-0.05, 0) is 48.7 Å². The van der Waals surface area contributed by atoms with Crippen LogP contribution in [0.25, 0.3) is 44.9 Å². The number of aromatic nitrogens is 3. The van der Waals surface area contributed by atoms with Gasteiger partial charge >= 0.3 is 0 Å². The fraction of sp³-hybridized carbons (Fsp3) is 0.100. The van der Waals surface area contributed by atoms with Crippen molar-refractivity contribution in [2.45, 2.75) is 6.92 Å². The lowest BCUT2D eigenvalue weighted by Gasteiger charge is -1.97. The molecule has 6 nitrogen and oxygen atoms in total. The number of fused-ring (bicyclic) bond motifs is 2. The smallest absolute Gasteiger partial charge is 0.258 e. The van der Waals surface area contributed by atoms with E-state index < -0.39 is 0 Å². The summed E-state index contributed by atoms with van der Waals surface area (Å²) in [5.74, 6) is 2.26. The van der Waals surface area contributed by atoms with E-state index in [0.29, 0.717) is 17.5 Å². The van der Waals surface area contributed by atoms with E-state index in [4.69, 9.17) is 13.7 Å². The molecule has 5 aromatic rings. The van der Waals surface area contributed by atoms with Crippen LogP contribution >= 0.6 is 0 Å². The first-order valence-electron chi connectivity index (χ1n) is 8.21. The van der Waals surface area contributed by atoms with Crippen LogP contribution in [0.3, 0.4) is 0 Å². The first kappa shape index (κ1) is 14.8. The summed E-state index contributed by atoms with van der Waals surface area (Å²) in [6.07, 6.45) is 1.90. The number of methoxy groups -OCH3 is 1. The standard InChI is InChI=1S/C20H15N3O3/c1-11-15-10-14(24-2)5-6-17(15)25-18(11)19-22-20(26-23-19)13-4-3-12-7-8-21-16(12)9-13/h3-10,21H,1-2H3. The Kier molecular flexibility index (Phi) is 3.12. The van der Waals surface area contributed by atoms with Gasteiger partial charge in [0.2, 0.25) is 5.82 Å². The highest BCUT2D eigenvalue weighted by Crippen LogP contribution is 2.34. The summed E-state index contributed by atoms with van der Waals surface area (Å²) >= 11 is 0. The largest absolute Gasteiger partial charge is 0.497 e. The SMILES string of the molecule is COc1ccc2oc(-c3noc(-c4ccc5cc[nH]c5c4)n3)c(C)c2c1. The van der Waals surface area contributed by atoms with Gasteiger partial charge in [0.25, 0.3) is 5.89 Å². The Morgan fingerprint density at radius 1 is 1.08 bits per heavy atom. The molecular weight excluding hydrogens is 330 g/mol. The van der Waals surface area contributed by atoms with Gasteiger partial charge in [-0.25, -0.2) is 0 Å². The number of aromatic amines is 1. The molecule has 6 heteroatoms. The first-order chi connectivity index (χ1) is 12.7. The summed E-state index contributed by atoms with van der Waals surface area (Å²) in [4.78, 5) is 7.71. The molecule has 26 heavy (non-hydrogen) atoms. The highest BCUT2D eigenvalue weighted by molar-refractivity contribution is 5.88. The van der Waals surface area contributed by atoms with Crippen LogP contribution in [0.5, 0.6) is 5.75 Å². The van der Waals surface area contributed by atoms with Crippen LogP contribution in [0.15, 0.2) is 57.6 Å². The minimum atomic E-state index is 0.430. The number of nitrogens with zero attached hydrogens (tertiary/aromatic N) is 2. The summed E-state index contributed by atoms with van der Waals surface area (Å²) in [6.45, 7) is 1.97. The molecule has 0 bridgehead atoms. The van der Waals surface area contributed by atoms with Crippen molar-refractivity contribution in [1.29, 1.82) is 0 Å². The first-order valence-corrected chi connectivity index (χ1v) is 8.21. The monoisotopic (exact) mass is 345 g/mol. The molecule has 3 aromatic heterocycles. The number of ether oxygens (including phenoxy) is 1. The molecule has 0 saturated carbocycles. The maximum atomic E-state index is 5.94. The minimum absolute atomic E-state index is 0.430. The van der Waals surface area contributed by atoms with Crippen LogP contribution in [0.1, 0.15) is 5.56 Å². The molecule has 5 rings (SSSR count). The molecule has 0 radical (unpaired) electrons. The van der Waals surface area contributed by atoms with Crippen molar-refractivity contribution in [3.05, 3.63) is 54.2 Å². The second-order valence-electron chi connectivity index (χ2n) is 6.12. The third-order valence-electron chi connectivity index (χ3n) is 4.57. The van der Waals surface area contributed by atoms with E-state index in [2.05, 4.69) is 15.1 Å². The van der Waals surface area contributed by atoms with Crippen molar-refractivity contribution < 1.29 is 13.7 Å². The summed E-state index contributed by atoms with van der Waals surface area (Å²) in [6, 6.07) is 13.7. The van der Waals surface area contributed by atoms with E-state index in [1.165, 1.54) is 0 Å². The maximum absolute atomic E-state index is 5.94. The number of benzene rings is 2. The van der Waals surface area contributed by atoms with Crippen LogP contribution in [0, 0.1) is 6.92 Å². The summed E-state index contributed by atoms with van der Waals surface area (Å²) in [7, 11) is 1.64. The Labute approximate surface area is 148 Å². The number of furan rings is 1. The van der Waals surface area contributed by atoms with Gasteiger partial charge in [0.05, 0.1) is 7.11 Å². The fourth-order valence-electron chi connectivity index (χ4n) is 3.15. The number of rotatable bonds is 3. The molecule has 1 N–H and O–H groups in total. The average Bonchev–Trinajstić information content (AvgIpc) is 3.39. The molecule has 0 fully saturated rings. The van der Waals surface area contributed by atoms with E-state index in [1.54, 1.807) is 7.11 Å². The summed E-state index contributed by atoms with van der Waals surface area (Å²) < 4.78 is 16.7. The molecular formula is C20H15N3O3. The molecule has 0 aliphatic heterocycles. The molecule has 128 valence electrons. The Morgan fingerprint density at radius 2 is 2.00 bits per heavy atom. The Morgan fingerprint density at radius 3 is 2.88 bits per heavy atom. The number of H-pyrrole nitrogens is 1. The zero-order chi connectivity index (χ0) is 17.7. The van der Waals surface area contributed by atoms with Gasteiger partial charge < -0.3 is 18.7 Å². The van der Waals surface area contributed by atoms with E-state index in [0.717, 1.165) is 38.7 Å². The molecule has 0 spiro atoms. The lowest BCUT2D eigenvalue weighted by molar-refractivity contribution is 0.415. The lowest BCUT2D eigenvalue weighted by atomic mass is 10.1. The van der Waals surface area contributed by atoms with Gasteiger partial charge in [-0.15, -0.1) is 0 Å². The van der Waals surface area contributed by atoms with Crippen LogP contribution < -0.4 is 4.74 Å². The second kappa shape index (κ2) is 5.49. The van der Waals surface area contributed by atoms with E-state index in [9.17, 15) is 0 Å². The Bertz CT molecular complexity index is 1250. The number of hydrogen-bond donors (Lipinski definition) is 1. The molecule has 0 saturated heterocycles. The lowest BCUT2D eigenvalue weighted by Crippen LogP contribution is -1.83. The van der Waals surface area contributed by atoms with Crippen LogP contribution in [0.4, 0.5) is 0 Å². The normalized spacial score (nSPS) is 11.5. The quantitative estimate of drug-likeness (QED) is 0.501. The third-order valence-corrected chi connectivity index (χ3v) is 4.57. The van der Waals surface area contributed by atoms with Crippen molar-refractivity contribution in [3.8, 4) is 28.8 Å². The van der Waals surface area contributed by atoms with Crippen LogP contribution in [0.2, 0.25) is 0 Å². The molecule has 2 aromatic carbocycles.